The van der Waals surface area contributed by atoms with Gasteiger partial charge in [-0.15, -0.1) is 0 Å². The Bertz CT molecular complexity index is 1390. The van der Waals surface area contributed by atoms with E-state index in [1.165, 1.54) is 18.1 Å². The summed E-state index contributed by atoms with van der Waals surface area (Å²) >= 11 is 1.53. The molecular weight excluding hydrogens is 476 g/mol. The molecule has 36 heavy (non-hydrogen) atoms. The molecule has 1 aromatic carbocycles. The number of aromatic nitrogens is 5. The number of anilines is 2. The monoisotopic (exact) mass is 508 g/mol. The lowest BCUT2D eigenvalue weighted by Gasteiger charge is -2.28. The molecule has 5 rings (SSSR count). The summed E-state index contributed by atoms with van der Waals surface area (Å²) in [6, 6.07) is 4.13. The standard InChI is InChI=1S/C25H32N8O2S/c1-15-13-27-23(35-15)16-11-17-18(34-10-9-32(17)5)12-19(16)36-24-31-20-21(26)28-14-29-22(20)33(24)8-6-7-30-25(2,3)4/h11-14,30H,6-10H2,1-5H3,(H2,26,28,29). The number of aryl methyl sites for hydroxylation is 2. The Morgan fingerprint density at radius 2 is 2.03 bits per heavy atom. The molecule has 190 valence electrons. The topological polar surface area (TPSA) is 120 Å². The predicted octanol–water partition coefficient (Wildman–Crippen LogP) is 4.13. The summed E-state index contributed by atoms with van der Waals surface area (Å²) in [6.07, 6.45) is 4.13. The number of fused-ring (bicyclic) bond motifs is 2. The van der Waals surface area contributed by atoms with E-state index in [1.54, 1.807) is 6.20 Å². The Labute approximate surface area is 214 Å². The Hall–Kier alpha value is -3.31. The number of nitrogens with zero attached hydrogens (tertiary/aromatic N) is 6. The maximum Gasteiger partial charge on any atom is 0.227 e. The zero-order valence-corrected chi connectivity index (χ0v) is 22.1. The number of ether oxygens (including phenoxy) is 1. The summed E-state index contributed by atoms with van der Waals surface area (Å²) in [5.41, 5.74) is 9.45. The van der Waals surface area contributed by atoms with Crippen LogP contribution in [-0.2, 0) is 6.54 Å². The van der Waals surface area contributed by atoms with Gasteiger partial charge in [0.15, 0.2) is 22.1 Å². The van der Waals surface area contributed by atoms with E-state index in [1.807, 2.05) is 13.0 Å². The number of benzene rings is 1. The highest BCUT2D eigenvalue weighted by atomic mass is 32.2. The molecule has 0 saturated carbocycles. The number of imidazole rings is 1. The number of hydrogen-bond acceptors (Lipinski definition) is 10. The van der Waals surface area contributed by atoms with Gasteiger partial charge in [-0.1, -0.05) is 11.8 Å². The normalized spacial score (nSPS) is 13.8. The lowest BCUT2D eigenvalue weighted by Crippen LogP contribution is -2.36. The maximum atomic E-state index is 6.17. The van der Waals surface area contributed by atoms with Gasteiger partial charge in [0.2, 0.25) is 5.89 Å². The Kier molecular flexibility index (Phi) is 6.52. The molecule has 0 unspecified atom stereocenters. The van der Waals surface area contributed by atoms with Gasteiger partial charge in [0, 0.05) is 24.0 Å². The van der Waals surface area contributed by atoms with E-state index in [4.69, 9.17) is 19.9 Å². The number of rotatable bonds is 7. The molecule has 10 nitrogen and oxygen atoms in total. The first-order chi connectivity index (χ1) is 17.2. The molecule has 0 aliphatic carbocycles. The maximum absolute atomic E-state index is 6.17. The highest BCUT2D eigenvalue weighted by Gasteiger charge is 2.24. The molecule has 3 aromatic heterocycles. The largest absolute Gasteiger partial charge is 0.490 e. The number of hydrogen-bond donors (Lipinski definition) is 2. The predicted molar refractivity (Wildman–Crippen MR) is 142 cm³/mol. The van der Waals surface area contributed by atoms with Gasteiger partial charge in [-0.05, 0) is 52.8 Å². The van der Waals surface area contributed by atoms with Gasteiger partial charge >= 0.3 is 0 Å². The quantitative estimate of drug-likeness (QED) is 0.353. The summed E-state index contributed by atoms with van der Waals surface area (Å²) < 4.78 is 14.0. The van der Waals surface area contributed by atoms with Gasteiger partial charge in [-0.2, -0.15) is 0 Å². The lowest BCUT2D eigenvalue weighted by atomic mass is 10.1. The molecule has 1 aliphatic heterocycles. The third kappa shape index (κ3) is 4.98. The molecule has 0 spiro atoms. The first kappa shape index (κ1) is 24.4. The second-order valence-corrected chi connectivity index (χ2v) is 11.0. The smallest absolute Gasteiger partial charge is 0.227 e. The fourth-order valence-corrected chi connectivity index (χ4v) is 5.16. The van der Waals surface area contributed by atoms with Gasteiger partial charge in [-0.25, -0.2) is 19.9 Å². The fourth-order valence-electron chi connectivity index (χ4n) is 4.12. The van der Waals surface area contributed by atoms with Crippen molar-refractivity contribution in [2.24, 2.45) is 0 Å². The molecule has 11 heteroatoms. The number of nitrogens with two attached hydrogens (primary N) is 1. The van der Waals surface area contributed by atoms with Crippen LogP contribution in [0.15, 0.2) is 39.1 Å². The molecule has 3 N–H and O–H groups in total. The zero-order chi connectivity index (χ0) is 25.4. The van der Waals surface area contributed by atoms with Crippen molar-refractivity contribution in [1.82, 2.24) is 29.8 Å². The van der Waals surface area contributed by atoms with E-state index in [0.29, 0.717) is 23.8 Å². The summed E-state index contributed by atoms with van der Waals surface area (Å²) in [4.78, 5) is 21.1. The van der Waals surface area contributed by atoms with Crippen molar-refractivity contribution in [3.05, 3.63) is 30.4 Å². The number of nitrogen functional groups attached to an aromatic ring is 1. The second kappa shape index (κ2) is 9.62. The third-order valence-electron chi connectivity index (χ3n) is 5.95. The number of likely N-dealkylation sites (N-methyl/N-ethyl adjacent to an activating group) is 1. The minimum absolute atomic E-state index is 0.0561. The van der Waals surface area contributed by atoms with Gasteiger partial charge < -0.3 is 29.7 Å². The van der Waals surface area contributed by atoms with Crippen LogP contribution in [0.2, 0.25) is 0 Å². The van der Waals surface area contributed by atoms with E-state index in [0.717, 1.165) is 64.5 Å². The molecule has 1 aliphatic rings. The van der Waals surface area contributed by atoms with Crippen LogP contribution in [0.3, 0.4) is 0 Å². The van der Waals surface area contributed by atoms with Gasteiger partial charge in [0.1, 0.15) is 24.4 Å². The Balaban J connectivity index is 1.55. The molecule has 0 radical (unpaired) electrons. The second-order valence-electron chi connectivity index (χ2n) is 9.97. The van der Waals surface area contributed by atoms with Crippen molar-refractivity contribution < 1.29 is 9.15 Å². The van der Waals surface area contributed by atoms with E-state index in [9.17, 15) is 0 Å². The Morgan fingerprint density at radius 3 is 2.78 bits per heavy atom. The minimum Gasteiger partial charge on any atom is -0.490 e. The van der Waals surface area contributed by atoms with Crippen LogP contribution < -0.4 is 20.7 Å². The van der Waals surface area contributed by atoms with Crippen molar-refractivity contribution >= 4 is 34.4 Å². The summed E-state index contributed by atoms with van der Waals surface area (Å²) in [7, 11) is 2.06. The van der Waals surface area contributed by atoms with Crippen LogP contribution in [0.1, 0.15) is 33.0 Å². The SMILES string of the molecule is Cc1cnc(-c2cc3c(cc2Sc2nc4c(N)ncnc4n2CCCNC(C)(C)C)OCCN3C)o1. The highest BCUT2D eigenvalue weighted by Crippen LogP contribution is 2.44. The number of nitrogens with one attached hydrogen (secondary N) is 1. The van der Waals surface area contributed by atoms with E-state index in [2.05, 4.69) is 63.6 Å². The van der Waals surface area contributed by atoms with Crippen molar-refractivity contribution in [1.29, 1.82) is 0 Å². The average Bonchev–Trinajstić information content (AvgIpc) is 3.40. The number of oxazole rings is 1. The summed E-state index contributed by atoms with van der Waals surface area (Å²) in [6.45, 7) is 11.4. The van der Waals surface area contributed by atoms with Gasteiger partial charge in [0.05, 0.1) is 24.0 Å². The molecule has 0 amide bonds. The van der Waals surface area contributed by atoms with Crippen LogP contribution in [0, 0.1) is 6.92 Å². The van der Waals surface area contributed by atoms with Crippen LogP contribution >= 0.6 is 11.8 Å². The molecule has 4 aromatic rings. The van der Waals surface area contributed by atoms with Crippen molar-refractivity contribution in [3.63, 3.8) is 0 Å². The van der Waals surface area contributed by atoms with Crippen LogP contribution in [0.4, 0.5) is 11.5 Å². The van der Waals surface area contributed by atoms with E-state index >= 15 is 0 Å². The lowest BCUT2D eigenvalue weighted by molar-refractivity contribution is 0.310. The fraction of sp³-hybridized carbons (Fsp3) is 0.440. The van der Waals surface area contributed by atoms with Crippen molar-refractivity contribution in [3.8, 4) is 17.2 Å². The van der Waals surface area contributed by atoms with Crippen LogP contribution in [-0.4, -0.2) is 56.8 Å². The summed E-state index contributed by atoms with van der Waals surface area (Å²) in [5.74, 6) is 2.51. The van der Waals surface area contributed by atoms with Crippen molar-refractivity contribution in [2.45, 2.75) is 56.3 Å². The molecular formula is C25H32N8O2S. The molecule has 0 bridgehead atoms. The minimum atomic E-state index is 0.0561. The van der Waals surface area contributed by atoms with E-state index in [-0.39, 0.29) is 5.54 Å². The van der Waals surface area contributed by atoms with Gasteiger partial charge in [-0.3, -0.25) is 0 Å². The first-order valence-electron chi connectivity index (χ1n) is 12.0. The third-order valence-corrected chi connectivity index (χ3v) is 7.00. The molecule has 4 heterocycles. The van der Waals surface area contributed by atoms with E-state index < -0.39 is 0 Å². The Morgan fingerprint density at radius 1 is 1.19 bits per heavy atom. The zero-order valence-electron chi connectivity index (χ0n) is 21.3. The van der Waals surface area contributed by atoms with Crippen LogP contribution in [0.5, 0.6) is 5.75 Å². The van der Waals surface area contributed by atoms with Gasteiger partial charge in [0.25, 0.3) is 0 Å². The van der Waals surface area contributed by atoms with Crippen molar-refractivity contribution in [2.75, 3.05) is 37.4 Å². The highest BCUT2D eigenvalue weighted by molar-refractivity contribution is 7.99. The first-order valence-corrected chi connectivity index (χ1v) is 12.9. The molecule has 0 atom stereocenters. The average molecular weight is 509 g/mol. The molecule has 0 saturated heterocycles. The molecule has 0 fully saturated rings. The summed E-state index contributed by atoms with van der Waals surface area (Å²) in [5, 5.41) is 4.32. The van der Waals surface area contributed by atoms with Crippen LogP contribution in [0.25, 0.3) is 22.6 Å².